The molecule has 1 saturated heterocycles. The van der Waals surface area contributed by atoms with Crippen molar-refractivity contribution in [3.63, 3.8) is 0 Å². The molecule has 10 heteroatoms. The van der Waals surface area contributed by atoms with Crippen LogP contribution in [0.5, 0.6) is 0 Å². The number of imide groups is 1. The first-order valence-corrected chi connectivity index (χ1v) is 6.85. The van der Waals surface area contributed by atoms with E-state index in [1.54, 1.807) is 20.8 Å². The van der Waals surface area contributed by atoms with Crippen LogP contribution in [0.2, 0.25) is 0 Å². The molecule has 23 heavy (non-hydrogen) atoms. The van der Waals surface area contributed by atoms with Gasteiger partial charge in [-0.25, -0.2) is 9.59 Å². The molecule has 0 aliphatic carbocycles. The standard InChI is InChI=1S/C13H19N3O7/c1-13(2,3)22-12(21)15-7(6-8(14)17)11(20)23-16-9(18)4-5-10(16)19/h7H,4-6H2,1-3H3,(H2,14,17)(H,15,21)/t7-/m1/s1. The van der Waals surface area contributed by atoms with Crippen molar-refractivity contribution in [3.05, 3.63) is 0 Å². The van der Waals surface area contributed by atoms with Crippen LogP contribution < -0.4 is 11.1 Å². The quantitative estimate of drug-likeness (QED) is 0.638. The number of hydroxylamine groups is 2. The smallest absolute Gasteiger partial charge is 0.408 e. The highest BCUT2D eigenvalue weighted by Crippen LogP contribution is 2.13. The number of primary amides is 1. The van der Waals surface area contributed by atoms with Gasteiger partial charge in [0, 0.05) is 12.8 Å². The van der Waals surface area contributed by atoms with E-state index in [9.17, 15) is 24.0 Å². The summed E-state index contributed by atoms with van der Waals surface area (Å²) in [5, 5.41) is 2.44. The Hall–Kier alpha value is -2.65. The van der Waals surface area contributed by atoms with Crippen molar-refractivity contribution in [2.75, 3.05) is 0 Å². The molecule has 1 fully saturated rings. The van der Waals surface area contributed by atoms with Crippen molar-refractivity contribution >= 4 is 29.8 Å². The van der Waals surface area contributed by atoms with Crippen molar-refractivity contribution in [3.8, 4) is 0 Å². The molecule has 1 atom stereocenters. The molecule has 0 bridgehead atoms. The van der Waals surface area contributed by atoms with E-state index in [1.807, 2.05) is 0 Å². The summed E-state index contributed by atoms with van der Waals surface area (Å²) in [6.45, 7) is 4.82. The Morgan fingerprint density at radius 2 is 1.74 bits per heavy atom. The fourth-order valence-corrected chi connectivity index (χ4v) is 1.66. The monoisotopic (exact) mass is 329 g/mol. The van der Waals surface area contributed by atoms with E-state index in [0.29, 0.717) is 5.06 Å². The highest BCUT2D eigenvalue weighted by atomic mass is 16.7. The number of nitrogens with zero attached hydrogens (tertiary/aromatic N) is 1. The number of hydrogen-bond donors (Lipinski definition) is 2. The van der Waals surface area contributed by atoms with Crippen LogP contribution in [0.15, 0.2) is 0 Å². The van der Waals surface area contributed by atoms with Crippen LogP contribution in [0.1, 0.15) is 40.0 Å². The number of carbonyl (C=O) groups excluding carboxylic acids is 5. The summed E-state index contributed by atoms with van der Waals surface area (Å²) < 4.78 is 4.95. The minimum atomic E-state index is -1.48. The number of ether oxygens (including phenoxy) is 1. The minimum absolute atomic E-state index is 0.0773. The normalized spacial score (nSPS) is 16.0. The zero-order valence-electron chi connectivity index (χ0n) is 13.1. The van der Waals surface area contributed by atoms with Crippen LogP contribution in [0, 0.1) is 0 Å². The van der Waals surface area contributed by atoms with E-state index in [-0.39, 0.29) is 12.8 Å². The fraction of sp³-hybridized carbons (Fsp3) is 0.615. The maximum Gasteiger partial charge on any atom is 0.408 e. The molecule has 0 spiro atoms. The SMILES string of the molecule is CC(C)(C)OC(=O)N[C@H](CC(N)=O)C(=O)ON1C(=O)CCC1=O. The lowest BCUT2D eigenvalue weighted by Crippen LogP contribution is -2.48. The average Bonchev–Trinajstić information content (AvgIpc) is 2.66. The van der Waals surface area contributed by atoms with Crippen LogP contribution in [0.4, 0.5) is 4.79 Å². The summed E-state index contributed by atoms with van der Waals surface area (Å²) in [6, 6.07) is -1.48. The van der Waals surface area contributed by atoms with E-state index in [1.165, 1.54) is 0 Å². The summed E-state index contributed by atoms with van der Waals surface area (Å²) in [6.07, 6.45) is -1.70. The lowest BCUT2D eigenvalue weighted by molar-refractivity contribution is -0.199. The summed E-state index contributed by atoms with van der Waals surface area (Å²) in [4.78, 5) is 62.1. The molecule has 1 rings (SSSR count). The predicted octanol–water partition coefficient (Wildman–Crippen LogP) is -0.638. The van der Waals surface area contributed by atoms with Gasteiger partial charge in [0.25, 0.3) is 11.8 Å². The Balaban J connectivity index is 2.74. The molecule has 0 aromatic rings. The molecule has 0 aromatic heterocycles. The first kappa shape index (κ1) is 18.4. The average molecular weight is 329 g/mol. The first-order chi connectivity index (χ1) is 10.5. The lowest BCUT2D eigenvalue weighted by atomic mass is 10.2. The molecule has 1 aliphatic rings. The number of nitrogens with one attached hydrogen (secondary N) is 1. The van der Waals surface area contributed by atoms with Gasteiger partial charge in [0.2, 0.25) is 5.91 Å². The van der Waals surface area contributed by atoms with Crippen LogP contribution in [-0.4, -0.2) is 46.5 Å². The molecule has 1 aliphatic heterocycles. The third-order valence-electron chi connectivity index (χ3n) is 2.57. The van der Waals surface area contributed by atoms with Gasteiger partial charge in [0.1, 0.15) is 11.6 Å². The van der Waals surface area contributed by atoms with E-state index in [2.05, 4.69) is 10.2 Å². The molecule has 0 saturated carbocycles. The topological polar surface area (TPSA) is 145 Å². The molecule has 128 valence electrons. The number of nitrogens with two attached hydrogens (primary N) is 1. The maximum absolute atomic E-state index is 12.0. The number of hydrogen-bond acceptors (Lipinski definition) is 7. The van der Waals surface area contributed by atoms with Crippen molar-refractivity contribution in [2.24, 2.45) is 5.73 Å². The van der Waals surface area contributed by atoms with Gasteiger partial charge >= 0.3 is 12.1 Å². The molecule has 1 heterocycles. The third-order valence-corrected chi connectivity index (χ3v) is 2.57. The summed E-state index contributed by atoms with van der Waals surface area (Å²) in [7, 11) is 0. The number of amides is 4. The zero-order chi connectivity index (χ0) is 17.8. The predicted molar refractivity (Wildman–Crippen MR) is 74.1 cm³/mol. The van der Waals surface area contributed by atoms with Crippen molar-refractivity contribution < 1.29 is 33.5 Å². The molecular formula is C13H19N3O7. The van der Waals surface area contributed by atoms with Gasteiger partial charge in [-0.3, -0.25) is 14.4 Å². The summed E-state index contributed by atoms with van der Waals surface area (Å²) >= 11 is 0. The van der Waals surface area contributed by atoms with E-state index >= 15 is 0 Å². The number of carbonyl (C=O) groups is 5. The highest BCUT2D eigenvalue weighted by Gasteiger charge is 2.36. The van der Waals surface area contributed by atoms with Crippen molar-refractivity contribution in [2.45, 2.75) is 51.7 Å². The second-order valence-corrected chi connectivity index (χ2v) is 5.86. The van der Waals surface area contributed by atoms with Crippen molar-refractivity contribution in [1.29, 1.82) is 0 Å². The summed E-state index contributed by atoms with van der Waals surface area (Å²) in [5.41, 5.74) is 4.18. The molecular weight excluding hydrogens is 310 g/mol. The maximum atomic E-state index is 12.0. The fourth-order valence-electron chi connectivity index (χ4n) is 1.66. The zero-order valence-corrected chi connectivity index (χ0v) is 13.1. The largest absolute Gasteiger partial charge is 0.444 e. The number of alkyl carbamates (subject to hydrolysis) is 1. The molecule has 0 aromatic carbocycles. The van der Waals surface area contributed by atoms with Crippen molar-refractivity contribution in [1.82, 2.24) is 10.4 Å². The van der Waals surface area contributed by atoms with Gasteiger partial charge in [0.05, 0.1) is 6.42 Å². The molecule has 0 unspecified atom stereocenters. The second-order valence-electron chi connectivity index (χ2n) is 5.86. The van der Waals surface area contributed by atoms with Crippen LogP contribution in [0.3, 0.4) is 0 Å². The van der Waals surface area contributed by atoms with Crippen LogP contribution >= 0.6 is 0 Å². The van der Waals surface area contributed by atoms with Gasteiger partial charge in [-0.15, -0.1) is 5.06 Å². The number of rotatable bonds is 5. The molecule has 10 nitrogen and oxygen atoms in total. The Morgan fingerprint density at radius 1 is 1.22 bits per heavy atom. The minimum Gasteiger partial charge on any atom is -0.444 e. The third kappa shape index (κ3) is 5.93. The Morgan fingerprint density at radius 3 is 2.17 bits per heavy atom. The Bertz CT molecular complexity index is 522. The van der Waals surface area contributed by atoms with Gasteiger partial charge in [-0.1, -0.05) is 0 Å². The lowest BCUT2D eigenvalue weighted by Gasteiger charge is -2.23. The van der Waals surface area contributed by atoms with Crippen LogP contribution in [-0.2, 0) is 28.8 Å². The van der Waals surface area contributed by atoms with Gasteiger partial charge in [-0.05, 0) is 20.8 Å². The first-order valence-electron chi connectivity index (χ1n) is 6.85. The molecule has 0 radical (unpaired) electrons. The highest BCUT2D eigenvalue weighted by molar-refractivity contribution is 6.02. The Labute approximate surface area is 132 Å². The molecule has 3 N–H and O–H groups in total. The van der Waals surface area contributed by atoms with E-state index in [4.69, 9.17) is 10.5 Å². The summed E-state index contributed by atoms with van der Waals surface area (Å²) in [5.74, 6) is -3.42. The van der Waals surface area contributed by atoms with E-state index < -0.39 is 47.8 Å². The Kier molecular flexibility index (Phi) is 5.66. The van der Waals surface area contributed by atoms with Crippen LogP contribution in [0.25, 0.3) is 0 Å². The second kappa shape index (κ2) is 7.07. The van der Waals surface area contributed by atoms with E-state index in [0.717, 1.165) is 0 Å². The van der Waals surface area contributed by atoms with Gasteiger partial charge < -0.3 is 20.6 Å². The van der Waals surface area contributed by atoms with Gasteiger partial charge in [-0.2, -0.15) is 0 Å². The van der Waals surface area contributed by atoms with Gasteiger partial charge in [0.15, 0.2) is 0 Å². The molecule has 4 amide bonds.